The molecule has 6 aromatic rings. The Balaban J connectivity index is 1.11. The number of fused-ring (bicyclic) bond motifs is 1. The Hall–Kier alpha value is -6.19. The Morgan fingerprint density at radius 1 is 0.855 bits per heavy atom. The summed E-state index contributed by atoms with van der Waals surface area (Å²) in [5.41, 5.74) is 3.36. The monoisotopic (exact) mass is 744 g/mol. The number of carbonyl (C=O) groups is 2. The Kier molecular flexibility index (Phi) is 11.1. The van der Waals surface area contributed by atoms with Gasteiger partial charge in [-0.3, -0.25) is 14.2 Å². The van der Waals surface area contributed by atoms with Crippen molar-refractivity contribution < 1.29 is 38.7 Å². The molecule has 2 aromatic heterocycles. The maximum atomic E-state index is 13.2. The van der Waals surface area contributed by atoms with E-state index in [1.54, 1.807) is 49.4 Å². The van der Waals surface area contributed by atoms with Gasteiger partial charge in [-0.25, -0.2) is 15.0 Å². The van der Waals surface area contributed by atoms with E-state index in [2.05, 4.69) is 25.6 Å². The molecule has 4 N–H and O–H groups in total. The summed E-state index contributed by atoms with van der Waals surface area (Å²) in [6.07, 6.45) is 0.867. The van der Waals surface area contributed by atoms with E-state index in [-0.39, 0.29) is 25.4 Å². The number of amides is 2. The fourth-order valence-corrected chi connectivity index (χ4v) is 6.68. The number of carbonyl (C=O) groups excluding carboxylic acids is 2. The summed E-state index contributed by atoms with van der Waals surface area (Å²) < 4.78 is 26.1. The van der Waals surface area contributed by atoms with Crippen LogP contribution in [0, 0.1) is 0 Å². The van der Waals surface area contributed by atoms with Gasteiger partial charge < -0.3 is 39.8 Å². The summed E-state index contributed by atoms with van der Waals surface area (Å²) in [6, 6.07) is 32.0. The van der Waals surface area contributed by atoms with Crippen molar-refractivity contribution in [1.29, 1.82) is 0 Å². The number of imidazole rings is 1. The van der Waals surface area contributed by atoms with Gasteiger partial charge in [0.05, 0.1) is 33.3 Å². The van der Waals surface area contributed by atoms with Crippen LogP contribution in [0.5, 0.6) is 11.5 Å². The van der Waals surface area contributed by atoms with Gasteiger partial charge in [-0.1, -0.05) is 66.7 Å². The molecule has 2 amide bonds. The quantitative estimate of drug-likeness (QED) is 0.117. The largest absolute Gasteiger partial charge is 0.497 e. The smallest absolute Gasteiger partial charge is 0.256 e. The van der Waals surface area contributed by atoms with Gasteiger partial charge in [-0.05, 0) is 58.7 Å². The van der Waals surface area contributed by atoms with Crippen molar-refractivity contribution in [2.45, 2.75) is 37.0 Å². The standard InChI is InChI=1S/C41H40N6O8/c1-52-31-16-12-29(13-17-31)41(28-6-4-3-5-7-28,30-14-18-32(53-2)19-15-30)54-23-34-33(49)20-36(55-34)47-25-45-37-38(43-24-44-39(37)47)46-40(51)27-10-8-26(9-11-27)21-42-35(50)22-48/h3-19,24-25,33-34,36,48-49H,20-23H2,1-2H3,(H,42,50)(H,43,44,46,51)/t33-,34-,36-/m1/s1. The highest BCUT2D eigenvalue weighted by Gasteiger charge is 2.42. The minimum absolute atomic E-state index is 0.0279. The normalized spacial score (nSPS) is 16.8. The Morgan fingerprint density at radius 2 is 1.49 bits per heavy atom. The number of nitrogens with zero attached hydrogens (tertiary/aromatic N) is 4. The molecule has 14 heteroatoms. The van der Waals surface area contributed by atoms with Crippen LogP contribution in [0.25, 0.3) is 11.2 Å². The van der Waals surface area contributed by atoms with E-state index < -0.39 is 42.5 Å². The van der Waals surface area contributed by atoms with Gasteiger partial charge in [0.1, 0.15) is 42.4 Å². The van der Waals surface area contributed by atoms with E-state index in [4.69, 9.17) is 24.1 Å². The highest BCUT2D eigenvalue weighted by Crippen LogP contribution is 2.43. The minimum atomic E-state index is -1.10. The molecule has 7 rings (SSSR count). The maximum Gasteiger partial charge on any atom is 0.256 e. The average Bonchev–Trinajstić information content (AvgIpc) is 3.84. The zero-order valence-electron chi connectivity index (χ0n) is 30.2. The summed E-state index contributed by atoms with van der Waals surface area (Å²) in [4.78, 5) is 37.7. The lowest BCUT2D eigenvalue weighted by molar-refractivity contribution is -0.123. The van der Waals surface area contributed by atoms with Crippen molar-refractivity contribution in [3.8, 4) is 11.5 Å². The maximum absolute atomic E-state index is 13.2. The van der Waals surface area contributed by atoms with E-state index in [9.17, 15) is 14.7 Å². The molecule has 282 valence electrons. The number of ether oxygens (including phenoxy) is 4. The molecule has 0 bridgehead atoms. The molecule has 0 spiro atoms. The molecule has 1 aliphatic heterocycles. The number of nitrogens with one attached hydrogen (secondary N) is 2. The highest BCUT2D eigenvalue weighted by atomic mass is 16.6. The van der Waals surface area contributed by atoms with Crippen LogP contribution in [0.1, 0.15) is 45.3 Å². The third-order valence-corrected chi connectivity index (χ3v) is 9.59. The molecular formula is C41H40N6O8. The first-order valence-corrected chi connectivity index (χ1v) is 17.6. The SMILES string of the molecule is COc1ccc(C(OC[C@H]2O[C@@H](n3cnc4c(NC(=O)c5ccc(CNC(=O)CO)cc5)ncnc43)C[C@H]2O)(c2ccccc2)c2ccc(OC)cc2)cc1. The first-order chi connectivity index (χ1) is 26.8. The number of aliphatic hydroxyl groups excluding tert-OH is 2. The fourth-order valence-electron chi connectivity index (χ4n) is 6.68. The molecule has 1 fully saturated rings. The van der Waals surface area contributed by atoms with Crippen LogP contribution in [0.4, 0.5) is 5.82 Å². The lowest BCUT2D eigenvalue weighted by Gasteiger charge is -2.37. The van der Waals surface area contributed by atoms with Crippen molar-refractivity contribution in [2.24, 2.45) is 0 Å². The third kappa shape index (κ3) is 7.75. The molecule has 1 saturated heterocycles. The van der Waals surface area contributed by atoms with Crippen molar-refractivity contribution in [2.75, 3.05) is 32.8 Å². The van der Waals surface area contributed by atoms with Gasteiger partial charge in [-0.2, -0.15) is 0 Å². The fraction of sp³-hybridized carbons (Fsp3) is 0.244. The number of hydrogen-bond donors (Lipinski definition) is 4. The molecule has 55 heavy (non-hydrogen) atoms. The lowest BCUT2D eigenvalue weighted by Crippen LogP contribution is -2.38. The molecule has 3 heterocycles. The van der Waals surface area contributed by atoms with Crippen LogP contribution >= 0.6 is 0 Å². The molecule has 14 nitrogen and oxygen atoms in total. The van der Waals surface area contributed by atoms with Crippen molar-refractivity contribution in [1.82, 2.24) is 24.8 Å². The second-order valence-electron chi connectivity index (χ2n) is 12.9. The zero-order valence-corrected chi connectivity index (χ0v) is 30.2. The summed E-state index contributed by atoms with van der Waals surface area (Å²) in [5, 5.41) is 25.7. The zero-order chi connectivity index (χ0) is 38.4. The van der Waals surface area contributed by atoms with Crippen LogP contribution in [-0.4, -0.2) is 81.2 Å². The van der Waals surface area contributed by atoms with E-state index in [1.807, 2.05) is 78.9 Å². The molecule has 1 aliphatic rings. The number of aromatic nitrogens is 4. The van der Waals surface area contributed by atoms with Crippen LogP contribution in [-0.2, 0) is 26.4 Å². The van der Waals surface area contributed by atoms with E-state index >= 15 is 0 Å². The van der Waals surface area contributed by atoms with E-state index in [1.165, 1.54) is 6.33 Å². The topological polar surface area (TPSA) is 179 Å². The third-order valence-electron chi connectivity index (χ3n) is 9.59. The van der Waals surface area contributed by atoms with Gasteiger partial charge >= 0.3 is 0 Å². The predicted octanol–water partition coefficient (Wildman–Crippen LogP) is 4.36. The summed E-state index contributed by atoms with van der Waals surface area (Å²) >= 11 is 0. The molecule has 0 unspecified atom stereocenters. The van der Waals surface area contributed by atoms with Crippen molar-refractivity contribution in [3.63, 3.8) is 0 Å². The summed E-state index contributed by atoms with van der Waals surface area (Å²) in [5.74, 6) is 0.706. The van der Waals surface area contributed by atoms with Gasteiger partial charge in [0.2, 0.25) is 5.91 Å². The van der Waals surface area contributed by atoms with E-state index in [0.717, 1.165) is 22.3 Å². The van der Waals surface area contributed by atoms with Crippen LogP contribution in [0.15, 0.2) is 116 Å². The Morgan fingerprint density at radius 3 is 2.11 bits per heavy atom. The molecule has 0 radical (unpaired) electrons. The van der Waals surface area contributed by atoms with Crippen LogP contribution < -0.4 is 20.1 Å². The van der Waals surface area contributed by atoms with E-state index in [0.29, 0.717) is 28.2 Å². The number of anilines is 1. The average molecular weight is 745 g/mol. The minimum Gasteiger partial charge on any atom is -0.497 e. The van der Waals surface area contributed by atoms with Crippen molar-refractivity contribution >= 4 is 28.8 Å². The number of methoxy groups -OCH3 is 2. The molecule has 4 aromatic carbocycles. The number of hydrogen-bond acceptors (Lipinski definition) is 11. The Bertz CT molecular complexity index is 2180. The molecule has 3 atom stereocenters. The first-order valence-electron chi connectivity index (χ1n) is 17.6. The number of aliphatic hydroxyl groups is 2. The first kappa shape index (κ1) is 37.1. The van der Waals surface area contributed by atoms with Crippen LogP contribution in [0.3, 0.4) is 0 Å². The van der Waals surface area contributed by atoms with Crippen LogP contribution in [0.2, 0.25) is 0 Å². The second-order valence-corrected chi connectivity index (χ2v) is 12.9. The second kappa shape index (κ2) is 16.4. The van der Waals surface area contributed by atoms with Gasteiger partial charge in [-0.15, -0.1) is 0 Å². The highest BCUT2D eigenvalue weighted by molar-refractivity contribution is 6.06. The summed E-state index contributed by atoms with van der Waals surface area (Å²) in [7, 11) is 3.24. The number of rotatable bonds is 14. The van der Waals surface area contributed by atoms with Gasteiger partial charge in [0.15, 0.2) is 17.0 Å². The van der Waals surface area contributed by atoms with Gasteiger partial charge in [0.25, 0.3) is 5.91 Å². The molecule has 0 aliphatic carbocycles. The van der Waals surface area contributed by atoms with Gasteiger partial charge in [0, 0.05) is 18.5 Å². The Labute approximate surface area is 316 Å². The molecule has 0 saturated carbocycles. The van der Waals surface area contributed by atoms with Crippen molar-refractivity contribution in [3.05, 3.63) is 144 Å². The summed E-state index contributed by atoms with van der Waals surface area (Å²) in [6.45, 7) is -0.353. The number of benzene rings is 4. The predicted molar refractivity (Wildman–Crippen MR) is 201 cm³/mol. The lowest BCUT2D eigenvalue weighted by atomic mass is 9.80. The molecular weight excluding hydrogens is 704 g/mol.